The van der Waals surface area contributed by atoms with Crippen LogP contribution in [-0.4, -0.2) is 5.97 Å². The van der Waals surface area contributed by atoms with Crippen molar-refractivity contribution < 1.29 is 27.1 Å². The largest absolute Gasteiger partial charge is 0.450 e. The van der Waals surface area contributed by atoms with Gasteiger partial charge in [-0.15, -0.1) is 0 Å². The zero-order valence-corrected chi connectivity index (χ0v) is 18.4. The van der Waals surface area contributed by atoms with Crippen molar-refractivity contribution in [2.75, 3.05) is 0 Å². The Kier molecular flexibility index (Phi) is 6.45. The number of carbonyl (C=O) groups excluding carboxylic acids is 1. The van der Waals surface area contributed by atoms with Crippen LogP contribution in [0, 0.1) is 11.3 Å². The highest BCUT2D eigenvalue weighted by Crippen LogP contribution is 2.39. The number of ether oxygens (including phenoxy) is 1. The summed E-state index contributed by atoms with van der Waals surface area (Å²) in [6.45, 7) is 0. The lowest BCUT2D eigenvalue weighted by molar-refractivity contribution is -0.152. The third-order valence-electron chi connectivity index (χ3n) is 4.93. The first-order chi connectivity index (χ1) is 16.7. The molecule has 0 aliphatic rings. The van der Waals surface area contributed by atoms with Gasteiger partial charge in [-0.3, -0.25) is 4.79 Å². The average molecular weight is 496 g/mol. The number of esters is 1. The zero-order valence-electron chi connectivity index (χ0n) is 17.6. The number of hydrogen-bond acceptors (Lipinski definition) is 5. The second-order valence-corrected chi connectivity index (χ2v) is 7.65. The maximum Gasteiger partial charge on any atom is 0.450 e. The van der Waals surface area contributed by atoms with Gasteiger partial charge in [-0.05, 0) is 29.8 Å². The Hall–Kier alpha value is -4.35. The Labute approximate surface area is 201 Å². The predicted molar refractivity (Wildman–Crippen MR) is 124 cm³/mol. The van der Waals surface area contributed by atoms with Crippen LogP contribution in [0.1, 0.15) is 11.3 Å². The number of benzene rings is 3. The van der Waals surface area contributed by atoms with Crippen LogP contribution in [0.3, 0.4) is 0 Å². The molecule has 0 radical (unpaired) electrons. The van der Waals surface area contributed by atoms with E-state index in [1.54, 1.807) is 36.4 Å². The molecule has 0 saturated heterocycles. The molecule has 1 heterocycles. The summed E-state index contributed by atoms with van der Waals surface area (Å²) in [6, 6.07) is 19.3. The van der Waals surface area contributed by atoms with E-state index in [4.69, 9.17) is 20.8 Å². The van der Waals surface area contributed by atoms with Gasteiger partial charge in [-0.25, -0.2) is 4.79 Å². The molecule has 9 heteroatoms. The van der Waals surface area contributed by atoms with Gasteiger partial charge in [0.1, 0.15) is 23.0 Å². The van der Waals surface area contributed by atoms with Gasteiger partial charge in [0.05, 0.1) is 10.9 Å². The Bertz CT molecular complexity index is 1570. The number of nitriles is 1. The van der Waals surface area contributed by atoms with Gasteiger partial charge in [0, 0.05) is 16.7 Å². The number of halogens is 4. The minimum absolute atomic E-state index is 0.0514. The molecule has 3 aromatic carbocycles. The predicted octanol–water partition coefficient (Wildman–Crippen LogP) is 6.64. The fourth-order valence-electron chi connectivity index (χ4n) is 3.36. The lowest BCUT2D eigenvalue weighted by Gasteiger charge is -2.14. The van der Waals surface area contributed by atoms with E-state index in [9.17, 15) is 28.0 Å². The van der Waals surface area contributed by atoms with Crippen LogP contribution in [0.15, 0.2) is 87.6 Å². The first-order valence-corrected chi connectivity index (χ1v) is 10.4. The topological polar surface area (TPSA) is 80.3 Å². The maximum atomic E-state index is 13.8. The molecule has 0 fully saturated rings. The summed E-state index contributed by atoms with van der Waals surface area (Å²) in [5.41, 5.74) is -2.01. The Balaban J connectivity index is 1.78. The van der Waals surface area contributed by atoms with Crippen LogP contribution in [-0.2, 0) is 11.0 Å². The molecule has 4 aromatic rings. The molecule has 35 heavy (non-hydrogen) atoms. The molecule has 0 spiro atoms. The molecule has 0 saturated carbocycles. The Morgan fingerprint density at radius 1 is 1.03 bits per heavy atom. The first-order valence-electron chi connectivity index (χ1n) is 10.0. The van der Waals surface area contributed by atoms with E-state index in [1.807, 2.05) is 0 Å². The number of nitrogens with zero attached hydrogens (tertiary/aromatic N) is 1. The van der Waals surface area contributed by atoms with E-state index < -0.39 is 34.5 Å². The highest BCUT2D eigenvalue weighted by Gasteiger charge is 2.39. The fourth-order valence-corrected chi connectivity index (χ4v) is 3.59. The monoisotopic (exact) mass is 495 g/mol. The van der Waals surface area contributed by atoms with Gasteiger partial charge in [-0.1, -0.05) is 60.1 Å². The molecule has 0 N–H and O–H groups in total. The number of hydrogen-bond donors (Lipinski definition) is 0. The average Bonchev–Trinajstić information content (AvgIpc) is 2.83. The van der Waals surface area contributed by atoms with Crippen LogP contribution < -0.4 is 10.2 Å². The molecule has 5 nitrogen and oxygen atoms in total. The van der Waals surface area contributed by atoms with E-state index in [-0.39, 0.29) is 27.3 Å². The molecule has 0 atom stereocenters. The first kappa shape index (κ1) is 23.8. The molecule has 4 rings (SSSR count). The van der Waals surface area contributed by atoms with Crippen molar-refractivity contribution in [2.24, 2.45) is 0 Å². The lowest BCUT2D eigenvalue weighted by atomic mass is 10.0. The van der Waals surface area contributed by atoms with Crippen molar-refractivity contribution in [2.45, 2.75) is 6.18 Å². The van der Waals surface area contributed by atoms with Crippen molar-refractivity contribution in [1.82, 2.24) is 0 Å². The van der Waals surface area contributed by atoms with Crippen LogP contribution in [0.5, 0.6) is 5.75 Å². The van der Waals surface area contributed by atoms with Crippen LogP contribution in [0.4, 0.5) is 13.2 Å². The van der Waals surface area contributed by atoms with Gasteiger partial charge in [-0.2, -0.15) is 18.4 Å². The summed E-state index contributed by atoms with van der Waals surface area (Å²) in [5.74, 6) is -2.77. The molecule has 0 amide bonds. The van der Waals surface area contributed by atoms with Crippen molar-refractivity contribution in [3.63, 3.8) is 0 Å². The minimum atomic E-state index is -5.01. The summed E-state index contributed by atoms with van der Waals surface area (Å²) in [7, 11) is 0. The number of rotatable bonds is 4. The molecule has 174 valence electrons. The highest BCUT2D eigenvalue weighted by atomic mass is 35.5. The third-order valence-corrected chi connectivity index (χ3v) is 5.26. The number of fused-ring (bicyclic) bond motifs is 1. The molecule has 0 bridgehead atoms. The van der Waals surface area contributed by atoms with Gasteiger partial charge in [0.25, 0.3) is 0 Å². The van der Waals surface area contributed by atoms with Crippen molar-refractivity contribution in [3.8, 4) is 22.9 Å². The van der Waals surface area contributed by atoms with Crippen LogP contribution in [0.25, 0.3) is 28.2 Å². The van der Waals surface area contributed by atoms with E-state index in [1.165, 1.54) is 42.5 Å². The van der Waals surface area contributed by atoms with E-state index in [0.29, 0.717) is 5.56 Å². The Morgan fingerprint density at radius 2 is 1.71 bits per heavy atom. The smallest absolute Gasteiger partial charge is 0.450 e. The third kappa shape index (κ3) is 4.95. The molecule has 0 aliphatic heterocycles. The second-order valence-electron chi connectivity index (χ2n) is 7.24. The summed E-state index contributed by atoms with van der Waals surface area (Å²) >= 11 is 6.05. The van der Waals surface area contributed by atoms with Gasteiger partial charge >= 0.3 is 12.1 Å². The molecular weight excluding hydrogens is 483 g/mol. The number of carbonyl (C=O) groups is 1. The standard InChI is InChI=1S/C26H13ClF3NO4/c27-20-9-5-4-8-18(20)22-23(32)19-11-10-17(13-21(19)35-24(22)26(28,29)30)34-25(33)16(14-31)12-15-6-2-1-3-7-15/h1-13H. The van der Waals surface area contributed by atoms with E-state index >= 15 is 0 Å². The Morgan fingerprint density at radius 3 is 2.37 bits per heavy atom. The summed E-state index contributed by atoms with van der Waals surface area (Å²) < 4.78 is 51.8. The number of alkyl halides is 3. The summed E-state index contributed by atoms with van der Waals surface area (Å²) in [5, 5.41) is 9.09. The van der Waals surface area contributed by atoms with Gasteiger partial charge in [0.15, 0.2) is 0 Å². The van der Waals surface area contributed by atoms with E-state index in [0.717, 1.165) is 6.07 Å². The SMILES string of the molecule is N#CC(=Cc1ccccc1)C(=O)Oc1ccc2c(=O)c(-c3ccccc3Cl)c(C(F)(F)F)oc2c1. The van der Waals surface area contributed by atoms with Gasteiger partial charge in [0.2, 0.25) is 11.2 Å². The summed E-state index contributed by atoms with van der Waals surface area (Å²) in [6.07, 6.45) is -3.71. The zero-order chi connectivity index (χ0) is 25.2. The maximum absolute atomic E-state index is 13.8. The fraction of sp³-hybridized carbons (Fsp3) is 0.0385. The van der Waals surface area contributed by atoms with Crippen molar-refractivity contribution >= 4 is 34.6 Å². The normalized spacial score (nSPS) is 11.8. The van der Waals surface area contributed by atoms with E-state index in [2.05, 4.69) is 0 Å². The van der Waals surface area contributed by atoms with Crippen molar-refractivity contribution in [3.05, 3.63) is 105 Å². The second kappa shape index (κ2) is 9.49. The minimum Gasteiger partial charge on any atom is -0.450 e. The highest BCUT2D eigenvalue weighted by molar-refractivity contribution is 6.33. The van der Waals surface area contributed by atoms with Crippen LogP contribution >= 0.6 is 11.6 Å². The van der Waals surface area contributed by atoms with Gasteiger partial charge < -0.3 is 9.15 Å². The molecule has 1 aromatic heterocycles. The van der Waals surface area contributed by atoms with Crippen molar-refractivity contribution in [1.29, 1.82) is 5.26 Å². The molecule has 0 aliphatic carbocycles. The van der Waals surface area contributed by atoms with Crippen LogP contribution in [0.2, 0.25) is 5.02 Å². The quantitative estimate of drug-likeness (QED) is 0.137. The lowest BCUT2D eigenvalue weighted by Crippen LogP contribution is -2.16. The molecular formula is C26H13ClF3NO4. The summed E-state index contributed by atoms with van der Waals surface area (Å²) in [4.78, 5) is 25.5. The molecule has 0 unspecified atom stereocenters.